The van der Waals surface area contributed by atoms with Gasteiger partial charge in [-0.3, -0.25) is 0 Å². The van der Waals surface area contributed by atoms with Gasteiger partial charge in [0.25, 0.3) is 0 Å². The Kier molecular flexibility index (Phi) is 3.82. The molecule has 0 radical (unpaired) electrons. The van der Waals surface area contributed by atoms with Gasteiger partial charge in [-0.15, -0.1) is 0 Å². The van der Waals surface area contributed by atoms with Gasteiger partial charge in [0.1, 0.15) is 0 Å². The summed E-state index contributed by atoms with van der Waals surface area (Å²) in [5.74, 6) is 0. The van der Waals surface area contributed by atoms with Crippen molar-refractivity contribution in [2.24, 2.45) is 7.05 Å². The highest BCUT2D eigenvalue weighted by Crippen LogP contribution is 2.27. The molecule has 0 saturated heterocycles. The fourth-order valence-corrected chi connectivity index (χ4v) is 2.20. The molecule has 0 amide bonds. The van der Waals surface area contributed by atoms with Crippen LogP contribution in [0, 0.1) is 0 Å². The molecule has 2 aromatic rings. The average Bonchev–Trinajstić information content (AvgIpc) is 2.72. The summed E-state index contributed by atoms with van der Waals surface area (Å²) in [5, 5.41) is 4.13. The highest BCUT2D eigenvalue weighted by molar-refractivity contribution is 6.33. The Morgan fingerprint density at radius 2 is 2.06 bits per heavy atom. The first-order valence-electron chi connectivity index (χ1n) is 5.88. The Morgan fingerprint density at radius 3 is 2.61 bits per heavy atom. The van der Waals surface area contributed by atoms with E-state index in [2.05, 4.69) is 17.6 Å². The minimum atomic E-state index is 0.762. The zero-order valence-electron chi connectivity index (χ0n) is 10.9. The molecule has 0 saturated carbocycles. The lowest BCUT2D eigenvalue weighted by Gasteiger charge is -2.15. The first kappa shape index (κ1) is 12.8. The van der Waals surface area contributed by atoms with Gasteiger partial charge in [0.15, 0.2) is 0 Å². The third-order valence-corrected chi connectivity index (χ3v) is 3.12. The van der Waals surface area contributed by atoms with Gasteiger partial charge < -0.3 is 14.8 Å². The predicted molar refractivity (Wildman–Crippen MR) is 78.5 cm³/mol. The van der Waals surface area contributed by atoms with Crippen molar-refractivity contribution < 1.29 is 0 Å². The lowest BCUT2D eigenvalue weighted by molar-refractivity contribution is 0.920. The van der Waals surface area contributed by atoms with Gasteiger partial charge in [-0.05, 0) is 29.8 Å². The summed E-state index contributed by atoms with van der Waals surface area (Å²) in [4.78, 5) is 2.00. The monoisotopic (exact) mass is 263 g/mol. The van der Waals surface area contributed by atoms with E-state index in [-0.39, 0.29) is 0 Å². The van der Waals surface area contributed by atoms with E-state index in [4.69, 9.17) is 11.6 Å². The fourth-order valence-electron chi connectivity index (χ4n) is 1.85. The second-order valence-electron chi connectivity index (χ2n) is 4.60. The molecule has 0 aliphatic carbocycles. The molecule has 1 aromatic heterocycles. The molecule has 0 fully saturated rings. The van der Waals surface area contributed by atoms with E-state index < -0.39 is 0 Å². The average molecular weight is 264 g/mol. The molecule has 0 atom stereocenters. The van der Waals surface area contributed by atoms with Crippen molar-refractivity contribution in [1.82, 2.24) is 4.57 Å². The summed E-state index contributed by atoms with van der Waals surface area (Å²) < 4.78 is 2.04. The van der Waals surface area contributed by atoms with Crippen LogP contribution in [0.15, 0.2) is 36.7 Å². The minimum Gasteiger partial charge on any atom is -0.381 e. The summed E-state index contributed by atoms with van der Waals surface area (Å²) in [6, 6.07) is 8.13. The number of benzene rings is 1. The standard InChI is InChI=1S/C14H18ClN3/c1-17(2)14-5-4-12(8-13(14)15)16-9-11-6-7-18(3)10-11/h4-8,10,16H,9H2,1-3H3. The van der Waals surface area contributed by atoms with Crippen molar-refractivity contribution in [3.05, 3.63) is 47.2 Å². The molecular weight excluding hydrogens is 246 g/mol. The summed E-state index contributed by atoms with van der Waals surface area (Å²) in [5.41, 5.74) is 3.32. The van der Waals surface area contributed by atoms with Gasteiger partial charge in [-0.2, -0.15) is 0 Å². The number of nitrogens with one attached hydrogen (secondary N) is 1. The van der Waals surface area contributed by atoms with Crippen LogP contribution in [-0.2, 0) is 13.6 Å². The van der Waals surface area contributed by atoms with Gasteiger partial charge in [-0.1, -0.05) is 11.6 Å². The number of aromatic nitrogens is 1. The van der Waals surface area contributed by atoms with Crippen LogP contribution in [0.25, 0.3) is 0 Å². The molecule has 0 bridgehead atoms. The largest absolute Gasteiger partial charge is 0.381 e. The van der Waals surface area contributed by atoms with E-state index in [9.17, 15) is 0 Å². The minimum absolute atomic E-state index is 0.762. The zero-order valence-corrected chi connectivity index (χ0v) is 11.7. The third kappa shape index (κ3) is 2.99. The summed E-state index contributed by atoms with van der Waals surface area (Å²) in [6.45, 7) is 0.804. The quantitative estimate of drug-likeness (QED) is 0.913. The molecular formula is C14H18ClN3. The highest BCUT2D eigenvalue weighted by Gasteiger charge is 2.03. The van der Waals surface area contributed by atoms with Crippen molar-refractivity contribution in [3.8, 4) is 0 Å². The van der Waals surface area contributed by atoms with Crippen molar-refractivity contribution in [2.45, 2.75) is 6.54 Å². The molecule has 4 heteroatoms. The third-order valence-electron chi connectivity index (χ3n) is 2.82. The second kappa shape index (κ2) is 5.36. The molecule has 3 nitrogen and oxygen atoms in total. The van der Waals surface area contributed by atoms with E-state index in [1.165, 1.54) is 5.56 Å². The number of anilines is 2. The normalized spacial score (nSPS) is 10.4. The molecule has 96 valence electrons. The van der Waals surface area contributed by atoms with Crippen LogP contribution in [0.4, 0.5) is 11.4 Å². The van der Waals surface area contributed by atoms with Crippen LogP contribution in [0.3, 0.4) is 0 Å². The number of halogens is 1. The Morgan fingerprint density at radius 1 is 1.28 bits per heavy atom. The molecule has 0 spiro atoms. The van der Waals surface area contributed by atoms with E-state index >= 15 is 0 Å². The molecule has 1 heterocycles. The molecule has 2 rings (SSSR count). The summed E-state index contributed by atoms with van der Waals surface area (Å²) in [6.07, 6.45) is 4.14. The van der Waals surface area contributed by atoms with Crippen molar-refractivity contribution >= 4 is 23.0 Å². The number of aryl methyl sites for hydroxylation is 1. The first-order chi connectivity index (χ1) is 8.56. The van der Waals surface area contributed by atoms with Crippen molar-refractivity contribution in [2.75, 3.05) is 24.3 Å². The number of hydrogen-bond acceptors (Lipinski definition) is 2. The smallest absolute Gasteiger partial charge is 0.0659 e. The highest BCUT2D eigenvalue weighted by atomic mass is 35.5. The van der Waals surface area contributed by atoms with E-state index in [1.807, 2.05) is 55.0 Å². The van der Waals surface area contributed by atoms with Crippen LogP contribution in [0.1, 0.15) is 5.56 Å². The lowest BCUT2D eigenvalue weighted by Crippen LogP contribution is -2.09. The maximum Gasteiger partial charge on any atom is 0.0659 e. The van der Waals surface area contributed by atoms with E-state index in [0.29, 0.717) is 0 Å². The molecule has 18 heavy (non-hydrogen) atoms. The SMILES string of the molecule is CN(C)c1ccc(NCc2ccn(C)c2)cc1Cl. The van der Waals surface area contributed by atoms with Gasteiger partial charge >= 0.3 is 0 Å². The molecule has 1 aromatic carbocycles. The number of hydrogen-bond donors (Lipinski definition) is 1. The van der Waals surface area contributed by atoms with Crippen LogP contribution < -0.4 is 10.2 Å². The van der Waals surface area contributed by atoms with Gasteiger partial charge in [0.2, 0.25) is 0 Å². The number of nitrogens with zero attached hydrogens (tertiary/aromatic N) is 2. The molecule has 0 aliphatic heterocycles. The van der Waals surface area contributed by atoms with E-state index in [1.54, 1.807) is 0 Å². The van der Waals surface area contributed by atoms with Crippen molar-refractivity contribution in [3.63, 3.8) is 0 Å². The van der Waals surface area contributed by atoms with Crippen molar-refractivity contribution in [1.29, 1.82) is 0 Å². The Bertz CT molecular complexity index is 532. The van der Waals surface area contributed by atoms with Crippen LogP contribution in [0.2, 0.25) is 5.02 Å². The topological polar surface area (TPSA) is 20.2 Å². The second-order valence-corrected chi connectivity index (χ2v) is 5.01. The molecule has 1 N–H and O–H groups in total. The Labute approximate surface area is 113 Å². The maximum absolute atomic E-state index is 6.22. The maximum atomic E-state index is 6.22. The zero-order chi connectivity index (χ0) is 13.1. The molecule has 0 aliphatic rings. The number of rotatable bonds is 4. The van der Waals surface area contributed by atoms with Gasteiger partial charge in [0, 0.05) is 45.8 Å². The van der Waals surface area contributed by atoms with Gasteiger partial charge in [0.05, 0.1) is 10.7 Å². The Balaban J connectivity index is 2.04. The first-order valence-corrected chi connectivity index (χ1v) is 6.25. The summed E-state index contributed by atoms with van der Waals surface area (Å²) >= 11 is 6.22. The fraction of sp³-hybridized carbons (Fsp3) is 0.286. The van der Waals surface area contributed by atoms with E-state index in [0.717, 1.165) is 22.9 Å². The Hall–Kier alpha value is -1.61. The van der Waals surface area contributed by atoms with Crippen LogP contribution in [0.5, 0.6) is 0 Å². The van der Waals surface area contributed by atoms with Gasteiger partial charge in [-0.25, -0.2) is 0 Å². The van der Waals surface area contributed by atoms with Crippen LogP contribution >= 0.6 is 11.6 Å². The predicted octanol–water partition coefficient (Wildman–Crippen LogP) is 3.36. The molecule has 0 unspecified atom stereocenters. The van der Waals surface area contributed by atoms with Crippen LogP contribution in [-0.4, -0.2) is 18.7 Å². The summed E-state index contributed by atoms with van der Waals surface area (Å²) in [7, 11) is 5.99. The lowest BCUT2D eigenvalue weighted by atomic mass is 10.2.